The Hall–Kier alpha value is -3.66. The van der Waals surface area contributed by atoms with Crippen LogP contribution in [0.5, 0.6) is 0 Å². The van der Waals surface area contributed by atoms with E-state index in [1.54, 1.807) is 0 Å². The monoisotopic (exact) mass is 388 g/mol. The number of aliphatic hydroxyl groups is 1. The van der Waals surface area contributed by atoms with Crippen molar-refractivity contribution in [3.8, 4) is 0 Å². The Morgan fingerprint density at radius 3 is 1.79 bits per heavy atom. The molecule has 0 amide bonds. The Labute approximate surface area is 158 Å². The van der Waals surface area contributed by atoms with Crippen LogP contribution in [-0.2, 0) is 15.1 Å². The van der Waals surface area contributed by atoms with Crippen LogP contribution in [0.1, 0.15) is 22.8 Å². The number of esters is 1. The van der Waals surface area contributed by atoms with Gasteiger partial charge in [-0.1, -0.05) is 0 Å². The highest BCUT2D eigenvalue weighted by Gasteiger charge is 2.47. The number of ether oxygens (including phenoxy) is 1. The zero-order valence-electron chi connectivity index (χ0n) is 14.9. The summed E-state index contributed by atoms with van der Waals surface area (Å²) in [6, 6.07) is 9.00. The summed E-state index contributed by atoms with van der Waals surface area (Å²) in [5.41, 5.74) is -3.06. The number of ketones is 1. The molecule has 2 aromatic carbocycles. The van der Waals surface area contributed by atoms with Gasteiger partial charge in [0.1, 0.15) is 0 Å². The Kier molecular flexibility index (Phi) is 5.84. The Balaban J connectivity index is 2.57. The second kappa shape index (κ2) is 7.92. The van der Waals surface area contributed by atoms with Gasteiger partial charge in [0.25, 0.3) is 11.4 Å². The first-order valence-corrected chi connectivity index (χ1v) is 7.97. The number of hydrogen-bond donors (Lipinski definition) is 1. The lowest BCUT2D eigenvalue weighted by Crippen LogP contribution is -2.45. The number of carbonyl (C=O) groups is 2. The van der Waals surface area contributed by atoms with Crippen molar-refractivity contribution in [2.75, 3.05) is 7.11 Å². The number of rotatable bonds is 7. The minimum absolute atomic E-state index is 0.0562. The lowest BCUT2D eigenvalue weighted by molar-refractivity contribution is -0.385. The van der Waals surface area contributed by atoms with E-state index < -0.39 is 33.1 Å². The molecule has 10 heteroatoms. The van der Waals surface area contributed by atoms with E-state index in [0.717, 1.165) is 43.5 Å². The number of Topliss-reactive ketones (excluding diaryl/α,β-unsaturated/α-hetero) is 1. The molecule has 0 aromatic heterocycles. The molecule has 0 unspecified atom stereocenters. The van der Waals surface area contributed by atoms with Crippen molar-refractivity contribution < 1.29 is 29.3 Å². The molecule has 28 heavy (non-hydrogen) atoms. The van der Waals surface area contributed by atoms with Crippen molar-refractivity contribution in [2.24, 2.45) is 5.92 Å². The molecule has 0 saturated heterocycles. The Bertz CT molecular complexity index is 924. The van der Waals surface area contributed by atoms with Gasteiger partial charge in [-0.3, -0.25) is 29.8 Å². The molecule has 0 heterocycles. The van der Waals surface area contributed by atoms with E-state index >= 15 is 0 Å². The molecule has 1 N–H and O–H groups in total. The molecule has 0 fully saturated rings. The number of benzene rings is 2. The fourth-order valence-electron chi connectivity index (χ4n) is 2.72. The lowest BCUT2D eigenvalue weighted by Gasteiger charge is -2.31. The first-order chi connectivity index (χ1) is 13.1. The molecule has 0 saturated carbocycles. The van der Waals surface area contributed by atoms with Crippen LogP contribution in [0.25, 0.3) is 0 Å². The first-order valence-electron chi connectivity index (χ1n) is 7.97. The van der Waals surface area contributed by atoms with E-state index in [9.17, 15) is 34.9 Å². The van der Waals surface area contributed by atoms with Crippen LogP contribution in [0.15, 0.2) is 48.5 Å². The number of nitrogens with zero attached hydrogens (tertiary/aromatic N) is 2. The van der Waals surface area contributed by atoms with Crippen LogP contribution in [0.2, 0.25) is 0 Å². The number of nitro groups is 2. The van der Waals surface area contributed by atoms with Crippen LogP contribution >= 0.6 is 0 Å². The molecule has 2 atom stereocenters. The van der Waals surface area contributed by atoms with Crippen LogP contribution in [-0.4, -0.2) is 33.8 Å². The van der Waals surface area contributed by atoms with Gasteiger partial charge in [0.05, 0.1) is 22.9 Å². The van der Waals surface area contributed by atoms with Gasteiger partial charge in [0.2, 0.25) is 0 Å². The molecule has 10 nitrogen and oxygen atoms in total. The van der Waals surface area contributed by atoms with E-state index in [2.05, 4.69) is 4.74 Å². The number of non-ortho nitro benzene ring substituents is 2. The largest absolute Gasteiger partial charge is 0.469 e. The molecule has 0 radical (unpaired) electrons. The molecule has 2 rings (SSSR count). The highest BCUT2D eigenvalue weighted by Crippen LogP contribution is 2.35. The quantitative estimate of drug-likeness (QED) is 0.329. The topological polar surface area (TPSA) is 150 Å². The standard InChI is InChI=1S/C18H16N2O8/c1-11(17(22)28-2)18(23,13-5-9-15(10-6-13)20(26)27)16(21)12-3-7-14(8-4-12)19(24)25/h3-11,23H,1-2H3/t11-,18+/m1/s1. The molecule has 0 spiro atoms. The van der Waals surface area contributed by atoms with Gasteiger partial charge in [0.15, 0.2) is 11.4 Å². The zero-order valence-corrected chi connectivity index (χ0v) is 14.9. The van der Waals surface area contributed by atoms with Crippen molar-refractivity contribution in [1.29, 1.82) is 0 Å². The van der Waals surface area contributed by atoms with Gasteiger partial charge in [-0.15, -0.1) is 0 Å². The lowest BCUT2D eigenvalue weighted by atomic mass is 9.76. The summed E-state index contributed by atoms with van der Waals surface area (Å²) in [6.07, 6.45) is 0. The molecular weight excluding hydrogens is 372 g/mol. The van der Waals surface area contributed by atoms with Gasteiger partial charge in [-0.05, 0) is 36.8 Å². The van der Waals surface area contributed by atoms with E-state index in [-0.39, 0.29) is 22.5 Å². The van der Waals surface area contributed by atoms with Gasteiger partial charge in [-0.25, -0.2) is 0 Å². The first kappa shape index (κ1) is 20.6. The number of hydrogen-bond acceptors (Lipinski definition) is 8. The summed E-state index contributed by atoms with van der Waals surface area (Å²) < 4.78 is 4.63. The van der Waals surface area contributed by atoms with Crippen molar-refractivity contribution in [2.45, 2.75) is 12.5 Å². The summed E-state index contributed by atoms with van der Waals surface area (Å²) in [6.45, 7) is 1.27. The number of methoxy groups -OCH3 is 1. The van der Waals surface area contributed by atoms with Crippen molar-refractivity contribution >= 4 is 23.1 Å². The minimum atomic E-state index is -2.40. The molecule has 0 aliphatic carbocycles. The smallest absolute Gasteiger partial charge is 0.312 e. The SMILES string of the molecule is COC(=O)[C@@H](C)[C@@](O)(C(=O)c1ccc([N+](=O)[O-])cc1)c1ccc([N+](=O)[O-])cc1. The highest BCUT2D eigenvalue weighted by molar-refractivity contribution is 6.05. The third kappa shape index (κ3) is 3.71. The second-order valence-corrected chi connectivity index (χ2v) is 5.95. The molecule has 0 aliphatic rings. The van der Waals surface area contributed by atoms with Crippen LogP contribution in [0.3, 0.4) is 0 Å². The average molecular weight is 388 g/mol. The molecule has 0 bridgehead atoms. The van der Waals surface area contributed by atoms with E-state index in [1.807, 2.05) is 0 Å². The fraction of sp³-hybridized carbons (Fsp3) is 0.222. The third-order valence-electron chi connectivity index (χ3n) is 4.39. The van der Waals surface area contributed by atoms with Crippen LogP contribution in [0.4, 0.5) is 11.4 Å². The molecule has 0 aliphatic heterocycles. The van der Waals surface area contributed by atoms with E-state index in [0.29, 0.717) is 0 Å². The van der Waals surface area contributed by atoms with Crippen molar-refractivity contribution in [1.82, 2.24) is 0 Å². The number of nitro benzene ring substituents is 2. The number of carbonyl (C=O) groups excluding carboxylic acids is 2. The summed E-state index contributed by atoms with van der Waals surface area (Å²) in [7, 11) is 1.09. The molecule has 2 aromatic rings. The van der Waals surface area contributed by atoms with Crippen molar-refractivity contribution in [3.05, 3.63) is 79.9 Å². The zero-order chi connectivity index (χ0) is 21.1. The summed E-state index contributed by atoms with van der Waals surface area (Å²) >= 11 is 0. The predicted octanol–water partition coefficient (Wildman–Crippen LogP) is 2.38. The second-order valence-electron chi connectivity index (χ2n) is 5.95. The fourth-order valence-corrected chi connectivity index (χ4v) is 2.72. The highest BCUT2D eigenvalue weighted by atomic mass is 16.6. The maximum Gasteiger partial charge on any atom is 0.312 e. The van der Waals surface area contributed by atoms with Gasteiger partial charge >= 0.3 is 5.97 Å². The Morgan fingerprint density at radius 2 is 1.39 bits per heavy atom. The van der Waals surface area contributed by atoms with Gasteiger partial charge in [-0.2, -0.15) is 0 Å². The van der Waals surface area contributed by atoms with Gasteiger partial charge < -0.3 is 9.84 Å². The van der Waals surface area contributed by atoms with Gasteiger partial charge in [0, 0.05) is 29.8 Å². The average Bonchev–Trinajstić information content (AvgIpc) is 2.71. The normalized spacial score (nSPS) is 13.8. The molecular formula is C18H16N2O8. The maximum absolute atomic E-state index is 13.1. The summed E-state index contributed by atoms with van der Waals surface area (Å²) in [4.78, 5) is 45.4. The maximum atomic E-state index is 13.1. The van der Waals surface area contributed by atoms with Crippen molar-refractivity contribution in [3.63, 3.8) is 0 Å². The third-order valence-corrected chi connectivity index (χ3v) is 4.39. The van der Waals surface area contributed by atoms with E-state index in [1.165, 1.54) is 19.1 Å². The van der Waals surface area contributed by atoms with E-state index in [4.69, 9.17) is 0 Å². The minimum Gasteiger partial charge on any atom is -0.469 e. The van der Waals surface area contributed by atoms with Crippen LogP contribution < -0.4 is 0 Å². The summed E-state index contributed by atoms with van der Waals surface area (Å²) in [5, 5.41) is 32.8. The van der Waals surface area contributed by atoms with Crippen LogP contribution in [0, 0.1) is 26.1 Å². The summed E-state index contributed by atoms with van der Waals surface area (Å²) in [5.74, 6) is -3.15. The predicted molar refractivity (Wildman–Crippen MR) is 95.6 cm³/mol. The molecule has 146 valence electrons. The Morgan fingerprint density at radius 1 is 0.964 bits per heavy atom.